The molecule has 31 heavy (non-hydrogen) atoms. The molecule has 0 radical (unpaired) electrons. The summed E-state index contributed by atoms with van der Waals surface area (Å²) in [5, 5.41) is 0. The summed E-state index contributed by atoms with van der Waals surface area (Å²) in [5.74, 6) is -1.31. The molecule has 3 rings (SSSR count). The fourth-order valence-corrected chi connectivity index (χ4v) is 3.64. The van der Waals surface area contributed by atoms with E-state index in [2.05, 4.69) is 15.0 Å². The van der Waals surface area contributed by atoms with Crippen molar-refractivity contribution in [3.63, 3.8) is 0 Å². The van der Waals surface area contributed by atoms with Gasteiger partial charge in [0.2, 0.25) is 0 Å². The number of rotatable bonds is 11. The molecule has 0 saturated carbocycles. The predicted molar refractivity (Wildman–Crippen MR) is 112 cm³/mol. The van der Waals surface area contributed by atoms with Crippen LogP contribution in [0.2, 0.25) is 0 Å². The van der Waals surface area contributed by atoms with Crippen LogP contribution in [0.3, 0.4) is 0 Å². The van der Waals surface area contributed by atoms with E-state index in [0.29, 0.717) is 6.61 Å². The van der Waals surface area contributed by atoms with Crippen LogP contribution < -0.4 is 16.2 Å². The number of imidazole rings is 1. The minimum absolute atomic E-state index is 0.0158. The number of hydrogen-bond donors (Lipinski definition) is 4. The van der Waals surface area contributed by atoms with Crippen LogP contribution in [-0.4, -0.2) is 62.1 Å². The van der Waals surface area contributed by atoms with E-state index in [-0.39, 0.29) is 49.2 Å². The van der Waals surface area contributed by atoms with E-state index in [1.54, 1.807) is 30.3 Å². The quantitative estimate of drug-likeness (QED) is 0.236. The number of nitrogens with one attached hydrogen (secondary N) is 1. The molecule has 1 unspecified atom stereocenters. The van der Waals surface area contributed by atoms with Gasteiger partial charge in [0.05, 0.1) is 19.8 Å². The van der Waals surface area contributed by atoms with Gasteiger partial charge in [-0.05, 0) is 5.56 Å². The average molecular weight is 453 g/mol. The van der Waals surface area contributed by atoms with Crippen molar-refractivity contribution >= 4 is 24.6 Å². The molecule has 0 aliphatic rings. The monoisotopic (exact) mass is 453 g/mol. The van der Waals surface area contributed by atoms with E-state index in [1.807, 2.05) is 0 Å². The highest BCUT2D eigenvalue weighted by atomic mass is 31.2. The molecular formula is C18H24N5O7P. The lowest BCUT2D eigenvalue weighted by atomic mass is 10.2. The topological polar surface area (TPSA) is 175 Å². The number of aromatic nitrogens is 4. The highest BCUT2D eigenvalue weighted by Crippen LogP contribution is 2.43. The Morgan fingerprint density at radius 3 is 2.61 bits per heavy atom. The molecule has 0 saturated heterocycles. The number of nitrogens with zero attached hydrogens (tertiary/aromatic N) is 3. The molecule has 0 amide bonds. The summed E-state index contributed by atoms with van der Waals surface area (Å²) in [4.78, 5) is 42.4. The SMILES string of the molecule is COCCOc1nc(N)c2[nH]c(=O)n(CCOC(Cc3ccccc3)P(=O)(O)O)c2n1. The maximum absolute atomic E-state index is 12.3. The van der Waals surface area contributed by atoms with Crippen LogP contribution in [0.5, 0.6) is 6.01 Å². The summed E-state index contributed by atoms with van der Waals surface area (Å²) < 4.78 is 28.8. The number of anilines is 1. The Morgan fingerprint density at radius 2 is 1.94 bits per heavy atom. The minimum atomic E-state index is -4.53. The molecule has 2 heterocycles. The van der Waals surface area contributed by atoms with Crippen molar-refractivity contribution < 1.29 is 28.6 Å². The van der Waals surface area contributed by atoms with Gasteiger partial charge in [0.25, 0.3) is 0 Å². The fraction of sp³-hybridized carbons (Fsp3) is 0.389. The lowest BCUT2D eigenvalue weighted by molar-refractivity contribution is 0.0799. The number of methoxy groups -OCH3 is 1. The number of benzene rings is 1. The van der Waals surface area contributed by atoms with Crippen LogP contribution in [0.15, 0.2) is 35.1 Å². The van der Waals surface area contributed by atoms with Gasteiger partial charge in [0.1, 0.15) is 12.1 Å². The molecule has 0 aliphatic heterocycles. The second-order valence-corrected chi connectivity index (χ2v) is 8.37. The highest BCUT2D eigenvalue weighted by Gasteiger charge is 2.30. The Hall–Kier alpha value is -2.76. The zero-order valence-corrected chi connectivity index (χ0v) is 17.7. The molecule has 1 aromatic carbocycles. The van der Waals surface area contributed by atoms with Crippen LogP contribution in [0.1, 0.15) is 5.56 Å². The van der Waals surface area contributed by atoms with Crippen LogP contribution in [0.4, 0.5) is 5.82 Å². The van der Waals surface area contributed by atoms with Gasteiger partial charge in [-0.25, -0.2) is 4.79 Å². The van der Waals surface area contributed by atoms with Gasteiger partial charge in [-0.1, -0.05) is 30.3 Å². The minimum Gasteiger partial charge on any atom is -0.461 e. The maximum atomic E-state index is 12.3. The van der Waals surface area contributed by atoms with Crippen molar-refractivity contribution in [3.05, 3.63) is 46.4 Å². The first-order valence-corrected chi connectivity index (χ1v) is 11.1. The van der Waals surface area contributed by atoms with E-state index in [0.717, 1.165) is 5.56 Å². The molecular weight excluding hydrogens is 429 g/mol. The van der Waals surface area contributed by atoms with E-state index in [4.69, 9.17) is 19.9 Å². The molecule has 168 valence electrons. The van der Waals surface area contributed by atoms with Gasteiger partial charge < -0.3 is 34.7 Å². The number of fused-ring (bicyclic) bond motifs is 1. The van der Waals surface area contributed by atoms with Gasteiger partial charge >= 0.3 is 19.3 Å². The summed E-state index contributed by atoms with van der Waals surface area (Å²) in [7, 11) is -3.01. The third-order valence-corrected chi connectivity index (χ3v) is 5.48. The predicted octanol–water partition coefficient (Wildman–Crippen LogP) is 0.490. The molecule has 0 bridgehead atoms. The van der Waals surface area contributed by atoms with E-state index >= 15 is 0 Å². The van der Waals surface area contributed by atoms with Crippen molar-refractivity contribution in [2.45, 2.75) is 18.8 Å². The largest absolute Gasteiger partial charge is 0.461 e. The van der Waals surface area contributed by atoms with Gasteiger partial charge in [-0.15, -0.1) is 0 Å². The second-order valence-electron chi connectivity index (χ2n) is 6.62. The van der Waals surface area contributed by atoms with Crippen molar-refractivity contribution in [2.24, 2.45) is 0 Å². The molecule has 13 heteroatoms. The summed E-state index contributed by atoms with van der Waals surface area (Å²) in [6.45, 7) is 0.361. The van der Waals surface area contributed by atoms with E-state index < -0.39 is 19.1 Å². The van der Waals surface area contributed by atoms with Gasteiger partial charge in [-0.2, -0.15) is 9.97 Å². The fourth-order valence-electron chi connectivity index (χ4n) is 2.89. The number of ether oxygens (including phenoxy) is 3. The summed E-state index contributed by atoms with van der Waals surface area (Å²) >= 11 is 0. The molecule has 1 atom stereocenters. The van der Waals surface area contributed by atoms with Crippen molar-refractivity contribution in [2.75, 3.05) is 32.7 Å². The average Bonchev–Trinajstić information content (AvgIpc) is 3.04. The number of aromatic amines is 1. The molecule has 5 N–H and O–H groups in total. The zero-order chi connectivity index (χ0) is 22.4. The number of hydrogen-bond acceptors (Lipinski definition) is 8. The lowest BCUT2D eigenvalue weighted by Gasteiger charge is -2.19. The first-order chi connectivity index (χ1) is 14.8. The number of nitrogen functional groups attached to an aromatic ring is 1. The third kappa shape index (κ3) is 5.90. The van der Waals surface area contributed by atoms with E-state index in [1.165, 1.54) is 11.7 Å². The lowest BCUT2D eigenvalue weighted by Crippen LogP contribution is -2.24. The number of nitrogens with two attached hydrogens (primary N) is 1. The van der Waals surface area contributed by atoms with Crippen molar-refractivity contribution in [1.29, 1.82) is 0 Å². The highest BCUT2D eigenvalue weighted by molar-refractivity contribution is 7.52. The number of H-pyrrole nitrogens is 1. The van der Waals surface area contributed by atoms with E-state index in [9.17, 15) is 19.1 Å². The Labute approximate surface area is 177 Å². The molecule has 0 aliphatic carbocycles. The molecule has 12 nitrogen and oxygen atoms in total. The Balaban J connectivity index is 1.75. The summed E-state index contributed by atoms with van der Waals surface area (Å²) in [6, 6.07) is 8.83. The normalized spacial score (nSPS) is 12.9. The van der Waals surface area contributed by atoms with Gasteiger partial charge in [0, 0.05) is 13.5 Å². The van der Waals surface area contributed by atoms with Crippen molar-refractivity contribution in [3.8, 4) is 6.01 Å². The first kappa shape index (κ1) is 22.9. The zero-order valence-electron chi connectivity index (χ0n) is 16.8. The Morgan fingerprint density at radius 1 is 1.19 bits per heavy atom. The van der Waals surface area contributed by atoms with Crippen LogP contribution in [0.25, 0.3) is 11.2 Å². The molecule has 3 aromatic rings. The summed E-state index contributed by atoms with van der Waals surface area (Å²) in [6.07, 6.45) is 0.0283. The summed E-state index contributed by atoms with van der Waals surface area (Å²) in [5.41, 5.74) is 6.53. The van der Waals surface area contributed by atoms with Crippen LogP contribution >= 0.6 is 7.60 Å². The standard InChI is InChI=1S/C18H24N5O7P/c1-28-9-10-30-17-21-15(19)14-16(22-17)23(18(24)20-14)7-8-29-13(31(25,26)27)11-12-5-3-2-4-6-12/h2-6,13H,7-11H2,1H3,(H,20,24)(H2,19,21,22)(H2,25,26,27). The maximum Gasteiger partial charge on any atom is 0.354 e. The smallest absolute Gasteiger partial charge is 0.354 e. The molecule has 0 fully saturated rings. The van der Waals surface area contributed by atoms with Crippen LogP contribution in [0, 0.1) is 0 Å². The van der Waals surface area contributed by atoms with Gasteiger partial charge in [0.15, 0.2) is 17.3 Å². The second kappa shape index (κ2) is 10.0. The molecule has 2 aromatic heterocycles. The first-order valence-electron chi connectivity index (χ1n) is 9.38. The molecule has 0 spiro atoms. The third-order valence-electron chi connectivity index (χ3n) is 4.40. The Bertz CT molecular complexity index is 1110. The van der Waals surface area contributed by atoms with Gasteiger partial charge in [-0.3, -0.25) is 9.13 Å². The van der Waals surface area contributed by atoms with Crippen LogP contribution in [-0.2, 0) is 27.0 Å². The Kier molecular flexibility index (Phi) is 7.42. The van der Waals surface area contributed by atoms with Crippen molar-refractivity contribution in [1.82, 2.24) is 19.5 Å².